The van der Waals surface area contributed by atoms with E-state index in [4.69, 9.17) is 0 Å². The number of benzene rings is 2. The van der Waals surface area contributed by atoms with E-state index in [0.29, 0.717) is 12.5 Å². The molecule has 2 aromatic carbocycles. The normalized spacial score (nSPS) is 12.7. The summed E-state index contributed by atoms with van der Waals surface area (Å²) < 4.78 is 83.6. The minimum atomic E-state index is -4.71. The van der Waals surface area contributed by atoms with Gasteiger partial charge in [0.25, 0.3) is 5.91 Å². The van der Waals surface area contributed by atoms with E-state index in [-0.39, 0.29) is 23.4 Å². The third-order valence-corrected chi connectivity index (χ3v) is 4.43. The highest BCUT2D eigenvalue weighted by atomic mass is 19.4. The smallest absolute Gasteiger partial charge is 0.377 e. The van der Waals surface area contributed by atoms with Gasteiger partial charge in [0.2, 0.25) is 0 Å². The average Bonchev–Trinajstić information content (AvgIpc) is 2.68. The highest BCUT2D eigenvalue weighted by Crippen LogP contribution is 2.33. The number of nitrogens with zero attached hydrogens (tertiary/aromatic N) is 1. The minimum Gasteiger partial charge on any atom is -0.377 e. The second kappa shape index (κ2) is 10.4. The van der Waals surface area contributed by atoms with Crippen molar-refractivity contribution in [2.24, 2.45) is 0 Å². The molecular weight excluding hydrogens is 434 g/mol. The molecule has 0 radical (unpaired) electrons. The first kappa shape index (κ1) is 25.0. The minimum absolute atomic E-state index is 0.137. The fourth-order valence-corrected chi connectivity index (χ4v) is 2.86. The number of carbonyl (C=O) groups is 1. The van der Waals surface area contributed by atoms with Crippen LogP contribution < -0.4 is 5.32 Å². The van der Waals surface area contributed by atoms with Crippen LogP contribution in [0.2, 0.25) is 0 Å². The highest BCUT2D eigenvalue weighted by molar-refractivity contribution is 6.04. The summed E-state index contributed by atoms with van der Waals surface area (Å²) in [5.74, 6) is -4.13. The fraction of sp³-hybridized carbons (Fsp3) is 0.261. The largest absolute Gasteiger partial charge is 0.416 e. The van der Waals surface area contributed by atoms with Crippen molar-refractivity contribution in [3.8, 4) is 0 Å². The van der Waals surface area contributed by atoms with Crippen LogP contribution in [0, 0.1) is 17.5 Å². The number of hydrogen-bond acceptors (Lipinski definition) is 2. The standard InChI is InChI=1S/C23H22F6N2O/c1-4-5-8-14(23(27,28)29)11-20(31(2)3)21-18(25)12-15(13-19(21)26)30-22(32)16-9-6-7-10-17(16)24/h6-13H,4-5H2,1-3H3,(H,30,32). The molecule has 2 aromatic rings. The van der Waals surface area contributed by atoms with Crippen LogP contribution >= 0.6 is 0 Å². The predicted molar refractivity (Wildman–Crippen MR) is 111 cm³/mol. The number of halogens is 6. The van der Waals surface area contributed by atoms with Crippen LogP contribution in [0.5, 0.6) is 0 Å². The van der Waals surface area contributed by atoms with Crippen molar-refractivity contribution in [2.45, 2.75) is 25.9 Å². The van der Waals surface area contributed by atoms with Gasteiger partial charge in [0.15, 0.2) is 0 Å². The van der Waals surface area contributed by atoms with E-state index >= 15 is 0 Å². The molecule has 0 aliphatic rings. The second-order valence-electron chi connectivity index (χ2n) is 7.12. The Hall–Kier alpha value is -3.23. The molecular formula is C23H22F6N2O. The van der Waals surface area contributed by atoms with Crippen LogP contribution in [0.4, 0.5) is 32.0 Å². The van der Waals surface area contributed by atoms with Gasteiger partial charge in [-0.05, 0) is 36.8 Å². The van der Waals surface area contributed by atoms with Gasteiger partial charge in [-0.15, -0.1) is 0 Å². The third kappa shape index (κ3) is 6.15. The number of unbranched alkanes of at least 4 members (excludes halogenated alkanes) is 1. The molecule has 3 nitrogen and oxygen atoms in total. The van der Waals surface area contributed by atoms with Crippen LogP contribution in [0.15, 0.2) is 54.1 Å². The molecule has 0 heterocycles. The summed E-state index contributed by atoms with van der Waals surface area (Å²) >= 11 is 0. The van der Waals surface area contributed by atoms with Crippen molar-refractivity contribution in [2.75, 3.05) is 19.4 Å². The molecule has 0 atom stereocenters. The lowest BCUT2D eigenvalue weighted by molar-refractivity contribution is -0.0884. The Morgan fingerprint density at radius 2 is 1.62 bits per heavy atom. The molecule has 0 aliphatic heterocycles. The van der Waals surface area contributed by atoms with Gasteiger partial charge < -0.3 is 10.2 Å². The van der Waals surface area contributed by atoms with E-state index < -0.39 is 40.7 Å². The van der Waals surface area contributed by atoms with E-state index in [1.54, 1.807) is 6.92 Å². The Morgan fingerprint density at radius 3 is 2.12 bits per heavy atom. The van der Waals surface area contributed by atoms with Gasteiger partial charge in [0.05, 0.1) is 16.7 Å². The molecule has 0 fully saturated rings. The summed E-state index contributed by atoms with van der Waals surface area (Å²) in [6.07, 6.45) is -2.48. The number of hydrogen-bond donors (Lipinski definition) is 1. The van der Waals surface area contributed by atoms with E-state index in [2.05, 4.69) is 5.32 Å². The zero-order valence-electron chi connectivity index (χ0n) is 17.7. The van der Waals surface area contributed by atoms with Crippen LogP contribution in [0.1, 0.15) is 35.7 Å². The quantitative estimate of drug-likeness (QED) is 0.379. The maximum Gasteiger partial charge on any atom is 0.416 e. The van der Waals surface area contributed by atoms with Crippen molar-refractivity contribution in [1.29, 1.82) is 0 Å². The Labute approximate surface area is 182 Å². The Kier molecular flexibility index (Phi) is 8.13. The first-order chi connectivity index (χ1) is 15.0. The summed E-state index contributed by atoms with van der Waals surface area (Å²) in [6.45, 7) is 1.70. The third-order valence-electron chi connectivity index (χ3n) is 4.43. The van der Waals surface area contributed by atoms with Gasteiger partial charge in [0.1, 0.15) is 17.5 Å². The van der Waals surface area contributed by atoms with Crippen molar-refractivity contribution in [1.82, 2.24) is 4.90 Å². The number of alkyl halides is 3. The lowest BCUT2D eigenvalue weighted by Gasteiger charge is -2.21. The van der Waals surface area contributed by atoms with Crippen LogP contribution in [-0.2, 0) is 0 Å². The lowest BCUT2D eigenvalue weighted by Crippen LogP contribution is -2.18. The molecule has 32 heavy (non-hydrogen) atoms. The van der Waals surface area contributed by atoms with Crippen LogP contribution in [0.3, 0.4) is 0 Å². The molecule has 1 N–H and O–H groups in total. The van der Waals surface area contributed by atoms with Gasteiger partial charge >= 0.3 is 6.18 Å². The molecule has 0 bridgehead atoms. The Bertz CT molecular complexity index is 1020. The van der Waals surface area contributed by atoms with Crippen molar-refractivity contribution < 1.29 is 31.1 Å². The molecule has 0 saturated carbocycles. The van der Waals surface area contributed by atoms with E-state index in [9.17, 15) is 31.1 Å². The number of rotatable bonds is 7. The van der Waals surface area contributed by atoms with Crippen LogP contribution in [-0.4, -0.2) is 31.1 Å². The molecule has 172 valence electrons. The zero-order valence-corrected chi connectivity index (χ0v) is 17.7. The topological polar surface area (TPSA) is 32.3 Å². The molecule has 0 spiro atoms. The summed E-state index contributed by atoms with van der Waals surface area (Å²) in [5.41, 5.74) is -2.70. The van der Waals surface area contributed by atoms with Gasteiger partial charge in [-0.1, -0.05) is 31.6 Å². The highest BCUT2D eigenvalue weighted by Gasteiger charge is 2.33. The fourth-order valence-electron chi connectivity index (χ4n) is 2.86. The van der Waals surface area contributed by atoms with Crippen molar-refractivity contribution in [3.63, 3.8) is 0 Å². The Balaban J connectivity index is 2.48. The predicted octanol–water partition coefficient (Wildman–Crippen LogP) is 6.55. The summed E-state index contributed by atoms with van der Waals surface area (Å²) in [6, 6.07) is 6.56. The molecule has 2 rings (SSSR count). The second-order valence-corrected chi connectivity index (χ2v) is 7.12. The van der Waals surface area contributed by atoms with E-state index in [1.807, 2.05) is 0 Å². The summed E-state index contributed by atoms with van der Waals surface area (Å²) in [5, 5.41) is 2.19. The van der Waals surface area contributed by atoms with Gasteiger partial charge in [0, 0.05) is 25.5 Å². The number of anilines is 1. The van der Waals surface area contributed by atoms with Gasteiger partial charge in [-0.3, -0.25) is 4.79 Å². The number of nitrogens with one attached hydrogen (secondary N) is 1. The van der Waals surface area contributed by atoms with E-state index in [1.165, 1.54) is 32.3 Å². The lowest BCUT2D eigenvalue weighted by atomic mass is 10.0. The maximum atomic E-state index is 14.8. The maximum absolute atomic E-state index is 14.8. The molecule has 9 heteroatoms. The first-order valence-corrected chi connectivity index (χ1v) is 9.67. The SMILES string of the molecule is CCCC=C(C=C(c1c(F)cc(NC(=O)c2ccccc2F)cc1F)N(C)C)C(F)(F)F. The molecule has 0 aromatic heterocycles. The monoisotopic (exact) mass is 456 g/mol. The van der Waals surface area contributed by atoms with Crippen molar-refractivity contribution in [3.05, 3.63) is 82.7 Å². The first-order valence-electron chi connectivity index (χ1n) is 9.67. The summed E-state index contributed by atoms with van der Waals surface area (Å²) in [7, 11) is 2.71. The molecule has 0 aliphatic carbocycles. The number of carbonyl (C=O) groups excluding carboxylic acids is 1. The molecule has 0 saturated heterocycles. The van der Waals surface area contributed by atoms with E-state index in [0.717, 1.165) is 29.2 Å². The zero-order chi connectivity index (χ0) is 24.1. The summed E-state index contributed by atoms with van der Waals surface area (Å²) in [4.78, 5) is 13.4. The average molecular weight is 456 g/mol. The molecule has 1 amide bonds. The number of allylic oxidation sites excluding steroid dienone is 3. The molecule has 0 unspecified atom stereocenters. The Morgan fingerprint density at radius 1 is 1.03 bits per heavy atom. The van der Waals surface area contributed by atoms with Gasteiger partial charge in [-0.2, -0.15) is 13.2 Å². The van der Waals surface area contributed by atoms with Crippen LogP contribution in [0.25, 0.3) is 5.70 Å². The van der Waals surface area contributed by atoms with Gasteiger partial charge in [-0.25, -0.2) is 13.2 Å². The number of amides is 1. The van der Waals surface area contributed by atoms with Crippen molar-refractivity contribution >= 4 is 17.3 Å².